The molecule has 34 heavy (non-hydrogen) atoms. The van der Waals surface area contributed by atoms with Crippen molar-refractivity contribution in [3.63, 3.8) is 0 Å². The second-order valence-corrected chi connectivity index (χ2v) is 8.20. The summed E-state index contributed by atoms with van der Waals surface area (Å²) in [6.07, 6.45) is 5.47. The fourth-order valence-electron chi connectivity index (χ4n) is 4.53. The highest BCUT2D eigenvalue weighted by Crippen LogP contribution is 2.38. The van der Waals surface area contributed by atoms with Crippen molar-refractivity contribution in [2.45, 2.75) is 13.3 Å². The minimum atomic E-state index is -0.956. The Bertz CT molecular complexity index is 1550. The molecule has 0 saturated heterocycles. The van der Waals surface area contributed by atoms with E-state index in [1.807, 2.05) is 18.3 Å². The molecule has 166 valence electrons. The number of fused-ring (bicyclic) bond motifs is 2. The Labute approximate surface area is 197 Å². The van der Waals surface area contributed by atoms with Crippen LogP contribution in [-0.4, -0.2) is 21.3 Å². The van der Waals surface area contributed by atoms with Crippen LogP contribution in [0.3, 0.4) is 0 Å². The van der Waals surface area contributed by atoms with Gasteiger partial charge in [-0.3, -0.25) is 5.10 Å². The maximum Gasteiger partial charge on any atom is 0.328 e. The van der Waals surface area contributed by atoms with E-state index in [-0.39, 0.29) is 0 Å². The third kappa shape index (κ3) is 4.14. The van der Waals surface area contributed by atoms with E-state index in [0.29, 0.717) is 0 Å². The first-order valence-electron chi connectivity index (χ1n) is 11.3. The second kappa shape index (κ2) is 9.20. The zero-order valence-corrected chi connectivity index (χ0v) is 18.8. The largest absolute Gasteiger partial charge is 0.478 e. The van der Waals surface area contributed by atoms with Crippen molar-refractivity contribution >= 4 is 44.9 Å². The van der Waals surface area contributed by atoms with Crippen molar-refractivity contribution in [3.05, 3.63) is 119 Å². The summed E-state index contributed by atoms with van der Waals surface area (Å²) in [5.41, 5.74) is 7.69. The SMILES string of the molecule is CC/C(=C(/c1ccc(/C=C/C(=O)O)cc1)c1ccc2[nH]ncc2c1)c1cccc2ccccc12. The number of carbonyl (C=O) groups is 1. The number of carboxylic acid groups (broad SMARTS) is 1. The van der Waals surface area contributed by atoms with E-state index in [9.17, 15) is 4.79 Å². The lowest BCUT2D eigenvalue weighted by Gasteiger charge is -2.18. The normalized spacial score (nSPS) is 12.4. The van der Waals surface area contributed by atoms with Gasteiger partial charge in [0.05, 0.1) is 11.7 Å². The Morgan fingerprint density at radius 2 is 1.68 bits per heavy atom. The van der Waals surface area contributed by atoms with E-state index >= 15 is 0 Å². The number of hydrogen-bond acceptors (Lipinski definition) is 2. The van der Waals surface area contributed by atoms with Crippen molar-refractivity contribution in [3.8, 4) is 0 Å². The van der Waals surface area contributed by atoms with Crippen LogP contribution in [0.4, 0.5) is 0 Å². The van der Waals surface area contributed by atoms with Crippen LogP contribution in [0.1, 0.15) is 35.6 Å². The Morgan fingerprint density at radius 1 is 0.912 bits per heavy atom. The van der Waals surface area contributed by atoms with Gasteiger partial charge in [-0.15, -0.1) is 0 Å². The van der Waals surface area contributed by atoms with E-state index in [4.69, 9.17) is 5.11 Å². The molecular formula is C30H24N2O2. The number of H-pyrrole nitrogens is 1. The third-order valence-corrected chi connectivity index (χ3v) is 6.12. The average molecular weight is 445 g/mol. The molecule has 4 heteroatoms. The summed E-state index contributed by atoms with van der Waals surface area (Å²) in [6, 6.07) is 29.4. The number of aliphatic carboxylic acids is 1. The zero-order chi connectivity index (χ0) is 23.5. The number of nitrogens with zero attached hydrogens (tertiary/aromatic N) is 1. The Hall–Kier alpha value is -4.44. The summed E-state index contributed by atoms with van der Waals surface area (Å²) >= 11 is 0. The molecule has 0 amide bonds. The van der Waals surface area contributed by atoms with Gasteiger partial charge in [0.2, 0.25) is 0 Å². The lowest BCUT2D eigenvalue weighted by molar-refractivity contribution is -0.131. The smallest absolute Gasteiger partial charge is 0.328 e. The fraction of sp³-hybridized carbons (Fsp3) is 0.0667. The van der Waals surface area contributed by atoms with Gasteiger partial charge < -0.3 is 5.11 Å². The third-order valence-electron chi connectivity index (χ3n) is 6.12. The summed E-state index contributed by atoms with van der Waals surface area (Å²) in [7, 11) is 0. The van der Waals surface area contributed by atoms with Crippen LogP contribution in [0.5, 0.6) is 0 Å². The number of carboxylic acids is 1. The van der Waals surface area contributed by atoms with Crippen molar-refractivity contribution in [2.24, 2.45) is 0 Å². The number of benzene rings is 4. The van der Waals surface area contributed by atoms with Gasteiger partial charge in [-0.25, -0.2) is 4.79 Å². The molecule has 1 aromatic heterocycles. The molecule has 0 saturated carbocycles. The van der Waals surface area contributed by atoms with Crippen LogP contribution in [0.15, 0.2) is 97.2 Å². The number of nitrogens with one attached hydrogen (secondary N) is 1. The predicted octanol–water partition coefficient (Wildman–Crippen LogP) is 7.18. The van der Waals surface area contributed by atoms with Gasteiger partial charge >= 0.3 is 5.97 Å². The van der Waals surface area contributed by atoms with E-state index < -0.39 is 5.97 Å². The molecule has 0 fully saturated rings. The van der Waals surface area contributed by atoms with E-state index in [0.717, 1.165) is 45.7 Å². The molecule has 4 aromatic carbocycles. The molecule has 0 atom stereocenters. The topological polar surface area (TPSA) is 66.0 Å². The van der Waals surface area contributed by atoms with Crippen molar-refractivity contribution in [2.75, 3.05) is 0 Å². The number of hydrogen-bond donors (Lipinski definition) is 2. The van der Waals surface area contributed by atoms with Crippen molar-refractivity contribution in [1.82, 2.24) is 10.2 Å². The zero-order valence-electron chi connectivity index (χ0n) is 18.8. The summed E-state index contributed by atoms with van der Waals surface area (Å²) in [5.74, 6) is -0.956. The molecule has 1 heterocycles. The molecule has 0 aliphatic heterocycles. The Balaban J connectivity index is 1.76. The molecule has 2 N–H and O–H groups in total. The molecule has 5 aromatic rings. The van der Waals surface area contributed by atoms with Crippen LogP contribution in [-0.2, 0) is 4.79 Å². The molecule has 0 bridgehead atoms. The van der Waals surface area contributed by atoms with Gasteiger partial charge in [0.15, 0.2) is 0 Å². The van der Waals surface area contributed by atoms with Gasteiger partial charge in [-0.05, 0) is 68.8 Å². The maximum absolute atomic E-state index is 10.9. The van der Waals surface area contributed by atoms with Gasteiger partial charge in [0.1, 0.15) is 0 Å². The number of aromatic amines is 1. The molecule has 5 rings (SSSR count). The molecule has 0 unspecified atom stereocenters. The highest BCUT2D eigenvalue weighted by atomic mass is 16.4. The lowest BCUT2D eigenvalue weighted by Crippen LogP contribution is -1.96. The molecule has 4 nitrogen and oxygen atoms in total. The minimum Gasteiger partial charge on any atom is -0.478 e. The molecule has 0 spiro atoms. The number of allylic oxidation sites excluding steroid dienone is 1. The van der Waals surface area contributed by atoms with E-state index in [1.54, 1.807) is 6.08 Å². The average Bonchev–Trinajstić information content (AvgIpc) is 3.34. The van der Waals surface area contributed by atoms with E-state index in [2.05, 4.69) is 89.9 Å². The van der Waals surface area contributed by atoms with Crippen molar-refractivity contribution < 1.29 is 9.90 Å². The summed E-state index contributed by atoms with van der Waals surface area (Å²) in [4.78, 5) is 10.9. The highest BCUT2D eigenvalue weighted by Gasteiger charge is 2.16. The van der Waals surface area contributed by atoms with Crippen LogP contribution in [0.25, 0.3) is 38.9 Å². The quantitative estimate of drug-likeness (QED) is 0.215. The van der Waals surface area contributed by atoms with Crippen molar-refractivity contribution in [1.29, 1.82) is 0 Å². The first-order valence-corrected chi connectivity index (χ1v) is 11.3. The summed E-state index contributed by atoms with van der Waals surface area (Å²) in [6.45, 7) is 2.19. The standard InChI is InChI=1S/C30H24N2O2/c1-2-25(27-9-5-7-21-6-3-4-8-26(21)27)30(23-15-16-28-24(18-23)19-31-32-28)22-13-10-20(11-14-22)12-17-29(33)34/h3-19H,2H2,1H3,(H,31,32)(H,33,34)/b17-12+,30-25+. The van der Waals surface area contributed by atoms with Crippen LogP contribution in [0.2, 0.25) is 0 Å². The van der Waals surface area contributed by atoms with Crippen LogP contribution >= 0.6 is 0 Å². The fourth-order valence-corrected chi connectivity index (χ4v) is 4.53. The maximum atomic E-state index is 10.9. The molecular weight excluding hydrogens is 420 g/mol. The second-order valence-electron chi connectivity index (χ2n) is 8.20. The first-order chi connectivity index (χ1) is 16.6. The van der Waals surface area contributed by atoms with Gasteiger partial charge in [0, 0.05) is 11.5 Å². The van der Waals surface area contributed by atoms with Crippen LogP contribution < -0.4 is 0 Å². The number of rotatable bonds is 6. The van der Waals surface area contributed by atoms with Gasteiger partial charge in [-0.1, -0.05) is 79.7 Å². The minimum absolute atomic E-state index is 0.846. The van der Waals surface area contributed by atoms with Gasteiger partial charge in [0.25, 0.3) is 0 Å². The molecule has 0 radical (unpaired) electrons. The molecule has 0 aliphatic rings. The number of aromatic nitrogens is 2. The summed E-state index contributed by atoms with van der Waals surface area (Å²) in [5, 5.41) is 19.7. The molecule has 0 aliphatic carbocycles. The monoisotopic (exact) mass is 444 g/mol. The van der Waals surface area contributed by atoms with Crippen LogP contribution in [0, 0.1) is 0 Å². The summed E-state index contributed by atoms with van der Waals surface area (Å²) < 4.78 is 0. The highest BCUT2D eigenvalue weighted by molar-refractivity contribution is 6.06. The lowest BCUT2D eigenvalue weighted by atomic mass is 9.86. The first kappa shape index (κ1) is 21.4. The Morgan fingerprint density at radius 3 is 2.47 bits per heavy atom. The Kier molecular flexibility index (Phi) is 5.79. The van der Waals surface area contributed by atoms with Gasteiger partial charge in [-0.2, -0.15) is 5.10 Å². The van der Waals surface area contributed by atoms with E-state index in [1.165, 1.54) is 21.9 Å². The predicted molar refractivity (Wildman–Crippen MR) is 139 cm³/mol.